The zero-order chi connectivity index (χ0) is 26.3. The minimum Gasteiger partial charge on any atom is -0.305 e. The van der Waals surface area contributed by atoms with Crippen molar-refractivity contribution in [2.45, 2.75) is 39.0 Å². The summed E-state index contributed by atoms with van der Waals surface area (Å²) in [6.07, 6.45) is 3.74. The molecule has 0 saturated heterocycles. The first-order valence-electron chi connectivity index (χ1n) is 12.7. The van der Waals surface area contributed by atoms with Gasteiger partial charge in [0, 0.05) is 39.3 Å². The van der Waals surface area contributed by atoms with E-state index >= 15 is 0 Å². The molecule has 1 radical (unpaired) electrons. The Morgan fingerprint density at radius 3 is 2.03 bits per heavy atom. The quantitative estimate of drug-likeness (QED) is 0.177. The number of hydrogen-bond acceptors (Lipinski definition) is 2. The molecular formula is C34H32IrN2-2. The molecule has 0 fully saturated rings. The van der Waals surface area contributed by atoms with Crippen molar-refractivity contribution in [3.63, 3.8) is 0 Å². The zero-order valence-electron chi connectivity index (χ0n) is 22.7. The van der Waals surface area contributed by atoms with Crippen LogP contribution in [0, 0.1) is 12.1 Å². The van der Waals surface area contributed by atoms with Crippen molar-refractivity contribution in [1.29, 1.82) is 0 Å². The summed E-state index contributed by atoms with van der Waals surface area (Å²) >= 11 is 0. The van der Waals surface area contributed by atoms with E-state index < -0.39 is 5.89 Å². The zero-order valence-corrected chi connectivity index (χ0v) is 24.1. The minimum absolute atomic E-state index is 0. The second-order valence-electron chi connectivity index (χ2n) is 9.41. The molecule has 0 N–H and O–H groups in total. The Morgan fingerprint density at radius 1 is 0.703 bits per heavy atom. The van der Waals surface area contributed by atoms with E-state index in [1.54, 1.807) is 6.20 Å². The van der Waals surface area contributed by atoms with Crippen LogP contribution in [-0.2, 0) is 25.5 Å². The average molecular weight is 662 g/mol. The first kappa shape index (κ1) is 26.7. The topological polar surface area (TPSA) is 25.8 Å². The predicted octanol–water partition coefficient (Wildman–Crippen LogP) is 8.54. The van der Waals surface area contributed by atoms with Crippen LogP contribution in [0.1, 0.15) is 51.7 Å². The second kappa shape index (κ2) is 13.2. The molecule has 0 saturated carbocycles. The Kier molecular flexibility index (Phi) is 9.54. The van der Waals surface area contributed by atoms with Crippen LogP contribution in [0.3, 0.4) is 0 Å². The monoisotopic (exact) mass is 662 g/mol. The average Bonchev–Trinajstić information content (AvgIpc) is 2.94. The summed E-state index contributed by atoms with van der Waals surface area (Å²) < 4.78 is 8.21. The fourth-order valence-corrected chi connectivity index (χ4v) is 3.94. The van der Waals surface area contributed by atoms with Gasteiger partial charge in [-0.05, 0) is 34.5 Å². The molecule has 3 aromatic carbocycles. The van der Waals surface area contributed by atoms with Crippen molar-refractivity contribution < 1.29 is 21.5 Å². The van der Waals surface area contributed by atoms with Crippen LogP contribution < -0.4 is 0 Å². The van der Waals surface area contributed by atoms with Crippen molar-refractivity contribution in [3.05, 3.63) is 144 Å². The van der Waals surface area contributed by atoms with Crippen molar-refractivity contribution in [1.82, 2.24) is 9.97 Å². The van der Waals surface area contributed by atoms with Gasteiger partial charge in [-0.2, -0.15) is 0 Å². The Morgan fingerprint density at radius 2 is 1.41 bits per heavy atom. The van der Waals surface area contributed by atoms with Gasteiger partial charge in [-0.15, -0.1) is 71.3 Å². The Hall–Kier alpha value is -3.39. The van der Waals surface area contributed by atoms with Crippen LogP contribution in [0.5, 0.6) is 0 Å². The number of rotatable bonds is 5. The maximum Gasteiger partial charge on any atom is 0.0330 e. The maximum atomic E-state index is 8.21. The Bertz CT molecular complexity index is 1360. The van der Waals surface area contributed by atoms with Gasteiger partial charge in [0.05, 0.1) is 0 Å². The molecule has 3 heteroatoms. The number of pyridine rings is 2. The van der Waals surface area contributed by atoms with Crippen molar-refractivity contribution in [3.8, 4) is 22.5 Å². The van der Waals surface area contributed by atoms with Gasteiger partial charge in [0.1, 0.15) is 0 Å². The van der Waals surface area contributed by atoms with Crippen molar-refractivity contribution in [2.24, 2.45) is 0 Å². The summed E-state index contributed by atoms with van der Waals surface area (Å²) in [6.45, 7) is 8.22. The first-order valence-corrected chi connectivity index (χ1v) is 12.2. The molecule has 0 aliphatic carbocycles. The summed E-state index contributed by atoms with van der Waals surface area (Å²) in [6, 6.07) is 40.6. The standard InChI is InChI=1S/C23H24N.C11H8N.Ir/c1-17(2)18-9-8-10-19(15-18)22-14-13-21(16-24-22)23(3,4)20-11-6-5-7-12-20;1-2-6-10(7-3-1)11-8-4-5-9-12-11;/h5-9,11-17H,1-4H3;1-6,8-9H;/q2*-1;/i17D;;. The smallest absolute Gasteiger partial charge is 0.0330 e. The molecule has 0 aliphatic rings. The largest absolute Gasteiger partial charge is 0.305 e. The summed E-state index contributed by atoms with van der Waals surface area (Å²) in [5.41, 5.74) is 7.16. The Balaban J connectivity index is 0.000000258. The van der Waals surface area contributed by atoms with E-state index in [0.717, 1.165) is 28.1 Å². The van der Waals surface area contributed by atoms with Gasteiger partial charge in [-0.1, -0.05) is 82.3 Å². The molecule has 0 atom stereocenters. The van der Waals surface area contributed by atoms with Gasteiger partial charge in [-0.25, -0.2) is 0 Å². The third-order valence-corrected chi connectivity index (χ3v) is 6.29. The molecular weight excluding hydrogens is 629 g/mol. The first-order chi connectivity index (χ1) is 17.7. The summed E-state index contributed by atoms with van der Waals surface area (Å²) in [5, 5.41) is 0. The third-order valence-electron chi connectivity index (χ3n) is 6.29. The van der Waals surface area contributed by atoms with E-state index in [1.165, 1.54) is 11.1 Å². The second-order valence-corrected chi connectivity index (χ2v) is 9.41. The minimum atomic E-state index is -0.626. The predicted molar refractivity (Wildman–Crippen MR) is 150 cm³/mol. The molecule has 2 heterocycles. The molecule has 189 valence electrons. The molecule has 5 rings (SSSR count). The summed E-state index contributed by atoms with van der Waals surface area (Å²) in [4.78, 5) is 8.89. The van der Waals surface area contributed by atoms with Gasteiger partial charge in [0.2, 0.25) is 0 Å². The molecule has 0 bridgehead atoms. The SMILES string of the molecule is [2H]C(C)(C)c1cc[c-]c(-c2ccc(C(C)(C)c3ccccc3)cn2)c1.[Ir].[c-]1ccccc1-c1ccccn1. The van der Waals surface area contributed by atoms with Crippen LogP contribution >= 0.6 is 0 Å². The van der Waals surface area contributed by atoms with Gasteiger partial charge < -0.3 is 9.97 Å². The van der Waals surface area contributed by atoms with E-state index in [4.69, 9.17) is 1.37 Å². The summed E-state index contributed by atoms with van der Waals surface area (Å²) in [7, 11) is 0. The van der Waals surface area contributed by atoms with Crippen molar-refractivity contribution >= 4 is 0 Å². The van der Waals surface area contributed by atoms with Crippen LogP contribution in [0.4, 0.5) is 0 Å². The molecule has 0 unspecified atom stereocenters. The molecule has 2 nitrogen and oxygen atoms in total. The van der Waals surface area contributed by atoms with E-state index in [1.807, 2.05) is 92.8 Å². The molecule has 37 heavy (non-hydrogen) atoms. The molecule has 0 aliphatic heterocycles. The molecule has 5 aromatic rings. The van der Waals surface area contributed by atoms with Crippen LogP contribution in [0.25, 0.3) is 22.5 Å². The molecule has 0 spiro atoms. The summed E-state index contributed by atoms with van der Waals surface area (Å²) in [5.74, 6) is -0.626. The third kappa shape index (κ3) is 7.32. The van der Waals surface area contributed by atoms with Gasteiger partial charge in [0.15, 0.2) is 0 Å². The number of hydrogen-bond donors (Lipinski definition) is 0. The fourth-order valence-electron chi connectivity index (χ4n) is 3.94. The molecule has 0 amide bonds. The van der Waals surface area contributed by atoms with E-state index in [-0.39, 0.29) is 25.5 Å². The number of nitrogens with zero attached hydrogens (tertiary/aromatic N) is 2. The maximum absolute atomic E-state index is 8.21. The van der Waals surface area contributed by atoms with Gasteiger partial charge in [0.25, 0.3) is 0 Å². The van der Waals surface area contributed by atoms with Gasteiger partial charge >= 0.3 is 0 Å². The normalized spacial score (nSPS) is 11.4. The van der Waals surface area contributed by atoms with Gasteiger partial charge in [-0.3, -0.25) is 0 Å². The fraction of sp³-hybridized carbons (Fsp3) is 0.176. The van der Waals surface area contributed by atoms with Crippen LogP contribution in [0.15, 0.2) is 116 Å². The van der Waals surface area contributed by atoms with Crippen LogP contribution in [-0.4, -0.2) is 9.97 Å². The van der Waals surface area contributed by atoms with E-state index in [2.05, 4.69) is 66.3 Å². The van der Waals surface area contributed by atoms with E-state index in [9.17, 15) is 0 Å². The Labute approximate surface area is 236 Å². The van der Waals surface area contributed by atoms with E-state index in [0.29, 0.717) is 0 Å². The van der Waals surface area contributed by atoms with Crippen molar-refractivity contribution in [2.75, 3.05) is 0 Å². The number of benzene rings is 3. The van der Waals surface area contributed by atoms with Crippen LogP contribution in [0.2, 0.25) is 0 Å². The molecule has 2 aromatic heterocycles. The number of aromatic nitrogens is 2.